The fourth-order valence-corrected chi connectivity index (χ4v) is 3.45. The van der Waals surface area contributed by atoms with Gasteiger partial charge in [0.1, 0.15) is 11.7 Å². The molecule has 21 heavy (non-hydrogen) atoms. The fraction of sp³-hybridized carbons (Fsp3) is 0.600. The quantitative estimate of drug-likeness (QED) is 0.901. The molecule has 0 aromatic carbocycles. The van der Waals surface area contributed by atoms with E-state index in [9.17, 15) is 9.59 Å². The van der Waals surface area contributed by atoms with Crippen molar-refractivity contribution in [3.8, 4) is 0 Å². The highest BCUT2D eigenvalue weighted by Crippen LogP contribution is 2.23. The van der Waals surface area contributed by atoms with Gasteiger partial charge in [-0.1, -0.05) is 13.8 Å². The van der Waals surface area contributed by atoms with Gasteiger partial charge >= 0.3 is 0 Å². The van der Waals surface area contributed by atoms with Crippen molar-refractivity contribution < 1.29 is 9.59 Å². The second kappa shape index (κ2) is 7.02. The second-order valence-corrected chi connectivity index (χ2v) is 6.77. The number of carbonyl (C=O) groups excluding carboxylic acids is 2. The lowest BCUT2D eigenvalue weighted by molar-refractivity contribution is -0.124. The largest absolute Gasteiger partial charge is 0.354 e. The van der Waals surface area contributed by atoms with Crippen LogP contribution in [0.3, 0.4) is 0 Å². The van der Waals surface area contributed by atoms with Crippen LogP contribution in [0, 0.1) is 5.92 Å². The third kappa shape index (κ3) is 3.81. The van der Waals surface area contributed by atoms with Gasteiger partial charge in [0.25, 0.3) is 5.91 Å². The van der Waals surface area contributed by atoms with Crippen molar-refractivity contribution in [1.82, 2.24) is 14.8 Å². The number of rotatable bonds is 5. The van der Waals surface area contributed by atoms with Crippen LogP contribution in [0.25, 0.3) is 0 Å². The van der Waals surface area contributed by atoms with Crippen LogP contribution in [-0.2, 0) is 11.8 Å². The molecular formula is C15H23N3O2S. The van der Waals surface area contributed by atoms with E-state index in [2.05, 4.69) is 19.2 Å². The van der Waals surface area contributed by atoms with Gasteiger partial charge in [-0.15, -0.1) is 11.8 Å². The Kier molecular flexibility index (Phi) is 5.33. The Hall–Kier alpha value is -1.43. The maximum absolute atomic E-state index is 12.5. The Balaban J connectivity index is 1.98. The van der Waals surface area contributed by atoms with Crippen LogP contribution >= 0.6 is 11.8 Å². The van der Waals surface area contributed by atoms with E-state index >= 15 is 0 Å². The highest BCUT2D eigenvalue weighted by molar-refractivity contribution is 7.99. The molecule has 0 aliphatic carbocycles. The van der Waals surface area contributed by atoms with E-state index in [4.69, 9.17) is 0 Å². The Morgan fingerprint density at radius 2 is 2.24 bits per heavy atom. The molecule has 1 N–H and O–H groups in total. The van der Waals surface area contributed by atoms with Gasteiger partial charge in [-0.3, -0.25) is 9.59 Å². The molecule has 0 unspecified atom stereocenters. The fourth-order valence-electron chi connectivity index (χ4n) is 2.29. The smallest absolute Gasteiger partial charge is 0.271 e. The molecule has 1 aliphatic heterocycles. The van der Waals surface area contributed by atoms with Crippen molar-refractivity contribution in [2.75, 3.05) is 18.2 Å². The summed E-state index contributed by atoms with van der Waals surface area (Å²) >= 11 is 1.62. The molecule has 2 amide bonds. The monoisotopic (exact) mass is 309 g/mol. The predicted octanol–water partition coefficient (Wildman–Crippen LogP) is 1.70. The normalized spacial score (nSPS) is 18.3. The van der Waals surface area contributed by atoms with Crippen LogP contribution in [0.2, 0.25) is 0 Å². The summed E-state index contributed by atoms with van der Waals surface area (Å²) in [6.45, 7) is 4.93. The SMILES string of the molecule is CC(C)CCNC(=O)[C@@H]1CSCN1C(=O)c1cccn1C. The minimum absolute atomic E-state index is 0.0387. The van der Waals surface area contributed by atoms with E-state index in [1.165, 1.54) is 0 Å². The van der Waals surface area contributed by atoms with Gasteiger partial charge in [0, 0.05) is 25.5 Å². The van der Waals surface area contributed by atoms with E-state index in [1.54, 1.807) is 27.3 Å². The van der Waals surface area contributed by atoms with Crippen molar-refractivity contribution in [2.45, 2.75) is 26.3 Å². The Morgan fingerprint density at radius 1 is 1.48 bits per heavy atom. The van der Waals surface area contributed by atoms with Crippen LogP contribution in [0.4, 0.5) is 0 Å². The number of amides is 2. The highest BCUT2D eigenvalue weighted by Gasteiger charge is 2.35. The molecule has 5 nitrogen and oxygen atoms in total. The third-order valence-corrected chi connectivity index (χ3v) is 4.64. The first kappa shape index (κ1) is 15.9. The lowest BCUT2D eigenvalue weighted by Crippen LogP contribution is -2.47. The zero-order chi connectivity index (χ0) is 15.4. The molecule has 1 saturated heterocycles. The standard InChI is InChI=1S/C15H23N3O2S/c1-11(2)6-7-16-14(19)13-9-21-10-18(13)15(20)12-5-4-8-17(12)3/h4-5,8,11,13H,6-7,9-10H2,1-3H3,(H,16,19)/t13-/m0/s1. The van der Waals surface area contributed by atoms with Crippen LogP contribution in [-0.4, -0.2) is 45.5 Å². The minimum atomic E-state index is -0.357. The van der Waals surface area contributed by atoms with Crippen LogP contribution < -0.4 is 5.32 Å². The molecule has 6 heteroatoms. The van der Waals surface area contributed by atoms with E-state index in [0.717, 1.165) is 6.42 Å². The summed E-state index contributed by atoms with van der Waals surface area (Å²) in [5.41, 5.74) is 0.623. The molecular weight excluding hydrogens is 286 g/mol. The summed E-state index contributed by atoms with van der Waals surface area (Å²) in [6, 6.07) is 3.28. The lowest BCUT2D eigenvalue weighted by atomic mass is 10.1. The topological polar surface area (TPSA) is 54.3 Å². The van der Waals surface area contributed by atoms with E-state index in [1.807, 2.05) is 19.3 Å². The summed E-state index contributed by atoms with van der Waals surface area (Å²) in [6.07, 6.45) is 2.80. The molecule has 1 aromatic heterocycles. The first-order chi connectivity index (χ1) is 10.0. The van der Waals surface area contributed by atoms with Gasteiger partial charge in [0.2, 0.25) is 5.91 Å². The second-order valence-electron chi connectivity index (χ2n) is 5.77. The van der Waals surface area contributed by atoms with Crippen molar-refractivity contribution in [3.05, 3.63) is 24.0 Å². The van der Waals surface area contributed by atoms with Gasteiger partial charge in [0.05, 0.1) is 5.88 Å². The first-order valence-corrected chi connectivity index (χ1v) is 8.44. The summed E-state index contributed by atoms with van der Waals surface area (Å²) < 4.78 is 1.79. The molecule has 1 aromatic rings. The summed E-state index contributed by atoms with van der Waals surface area (Å²) in [7, 11) is 1.84. The molecule has 1 atom stereocenters. The zero-order valence-electron chi connectivity index (χ0n) is 12.8. The molecule has 2 heterocycles. The molecule has 2 rings (SSSR count). The molecule has 1 aliphatic rings. The molecule has 116 valence electrons. The molecule has 0 bridgehead atoms. The van der Waals surface area contributed by atoms with Gasteiger partial charge < -0.3 is 14.8 Å². The maximum Gasteiger partial charge on any atom is 0.271 e. The molecule has 0 saturated carbocycles. The van der Waals surface area contributed by atoms with Crippen molar-refractivity contribution >= 4 is 23.6 Å². The van der Waals surface area contributed by atoms with E-state index < -0.39 is 0 Å². The number of hydrogen-bond donors (Lipinski definition) is 1. The summed E-state index contributed by atoms with van der Waals surface area (Å²) in [4.78, 5) is 26.5. The first-order valence-electron chi connectivity index (χ1n) is 7.28. The number of nitrogens with one attached hydrogen (secondary N) is 1. The number of carbonyl (C=O) groups is 2. The van der Waals surface area contributed by atoms with Crippen molar-refractivity contribution in [1.29, 1.82) is 0 Å². The van der Waals surface area contributed by atoms with Crippen LogP contribution in [0.15, 0.2) is 18.3 Å². The van der Waals surface area contributed by atoms with Gasteiger partial charge in [-0.25, -0.2) is 0 Å². The molecule has 0 radical (unpaired) electrons. The summed E-state index contributed by atoms with van der Waals surface area (Å²) in [5, 5.41) is 2.95. The van der Waals surface area contributed by atoms with Gasteiger partial charge in [-0.2, -0.15) is 0 Å². The van der Waals surface area contributed by atoms with E-state index in [0.29, 0.717) is 29.8 Å². The third-order valence-electron chi connectivity index (χ3n) is 3.63. The number of aryl methyl sites for hydroxylation is 1. The Bertz CT molecular complexity index is 513. The van der Waals surface area contributed by atoms with Crippen molar-refractivity contribution in [3.63, 3.8) is 0 Å². The van der Waals surface area contributed by atoms with Crippen LogP contribution in [0.5, 0.6) is 0 Å². The lowest BCUT2D eigenvalue weighted by Gasteiger charge is -2.23. The number of nitrogens with zero attached hydrogens (tertiary/aromatic N) is 2. The maximum atomic E-state index is 12.5. The van der Waals surface area contributed by atoms with E-state index in [-0.39, 0.29) is 17.9 Å². The van der Waals surface area contributed by atoms with Gasteiger partial charge in [0.15, 0.2) is 0 Å². The predicted molar refractivity (Wildman–Crippen MR) is 85.2 cm³/mol. The Labute approximate surface area is 130 Å². The number of hydrogen-bond acceptors (Lipinski definition) is 3. The highest BCUT2D eigenvalue weighted by atomic mass is 32.2. The van der Waals surface area contributed by atoms with Crippen LogP contribution in [0.1, 0.15) is 30.8 Å². The van der Waals surface area contributed by atoms with Gasteiger partial charge in [-0.05, 0) is 24.5 Å². The summed E-state index contributed by atoms with van der Waals surface area (Å²) in [5.74, 6) is 1.69. The number of aromatic nitrogens is 1. The molecule has 1 fully saturated rings. The minimum Gasteiger partial charge on any atom is -0.354 e. The molecule has 0 spiro atoms. The average Bonchev–Trinajstić information content (AvgIpc) is 3.05. The van der Waals surface area contributed by atoms with Crippen molar-refractivity contribution in [2.24, 2.45) is 13.0 Å². The zero-order valence-corrected chi connectivity index (χ0v) is 13.7. The number of thioether (sulfide) groups is 1. The Morgan fingerprint density at radius 3 is 2.86 bits per heavy atom. The average molecular weight is 309 g/mol.